The summed E-state index contributed by atoms with van der Waals surface area (Å²) in [4.78, 5) is 13.5. The van der Waals surface area contributed by atoms with Crippen LogP contribution in [0.2, 0.25) is 0 Å². The molecule has 7 heteroatoms. The van der Waals surface area contributed by atoms with Crippen molar-refractivity contribution in [2.75, 3.05) is 26.7 Å². The van der Waals surface area contributed by atoms with E-state index in [0.717, 1.165) is 18.4 Å². The van der Waals surface area contributed by atoms with Crippen LogP contribution in [0.3, 0.4) is 0 Å². The summed E-state index contributed by atoms with van der Waals surface area (Å²) in [6, 6.07) is 5.01. The monoisotopic (exact) mass is 326 g/mol. The van der Waals surface area contributed by atoms with Crippen molar-refractivity contribution in [1.82, 2.24) is 9.62 Å². The van der Waals surface area contributed by atoms with Crippen LogP contribution < -0.4 is 9.46 Å². The molecule has 0 saturated carbocycles. The Morgan fingerprint density at radius 1 is 1.32 bits per heavy atom. The number of rotatable bonds is 6. The number of benzene rings is 1. The average Bonchev–Trinajstić information content (AvgIpc) is 2.49. The van der Waals surface area contributed by atoms with E-state index in [2.05, 4.69) is 4.72 Å². The summed E-state index contributed by atoms with van der Waals surface area (Å²) in [5, 5.41) is 0. The van der Waals surface area contributed by atoms with Crippen LogP contribution in [0.25, 0.3) is 0 Å². The fourth-order valence-electron chi connectivity index (χ4n) is 2.48. The van der Waals surface area contributed by atoms with Gasteiger partial charge in [-0.05, 0) is 37.5 Å². The molecule has 1 aliphatic heterocycles. The van der Waals surface area contributed by atoms with Gasteiger partial charge in [-0.15, -0.1) is 0 Å². The number of nitrogens with one attached hydrogen (secondary N) is 1. The Morgan fingerprint density at radius 3 is 2.77 bits per heavy atom. The molecule has 0 spiro atoms. The number of nitrogens with zero attached hydrogens (tertiary/aromatic N) is 1. The summed E-state index contributed by atoms with van der Waals surface area (Å²) in [7, 11) is -2.22. The van der Waals surface area contributed by atoms with Crippen molar-refractivity contribution in [3.8, 4) is 5.75 Å². The van der Waals surface area contributed by atoms with Gasteiger partial charge in [0.05, 0.1) is 7.11 Å². The smallest absolute Gasteiger partial charge is 0.244 e. The van der Waals surface area contributed by atoms with Crippen LogP contribution in [0.5, 0.6) is 5.75 Å². The molecule has 22 heavy (non-hydrogen) atoms. The molecule has 2 rings (SSSR count). The van der Waals surface area contributed by atoms with Crippen LogP contribution in [-0.4, -0.2) is 46.0 Å². The van der Waals surface area contributed by atoms with Crippen LogP contribution in [0.15, 0.2) is 23.1 Å². The minimum absolute atomic E-state index is 0.0959. The average molecular weight is 326 g/mol. The number of amides is 1. The molecule has 0 aromatic heterocycles. The number of hydrogen-bond acceptors (Lipinski definition) is 4. The fourth-order valence-corrected chi connectivity index (χ4v) is 3.76. The predicted molar refractivity (Wildman–Crippen MR) is 83.4 cm³/mol. The van der Waals surface area contributed by atoms with Crippen molar-refractivity contribution in [2.45, 2.75) is 31.1 Å². The summed E-state index contributed by atoms with van der Waals surface area (Å²) in [5.74, 6) is 0.408. The molecule has 1 aromatic carbocycles. The Balaban J connectivity index is 2.02. The molecule has 1 saturated heterocycles. The van der Waals surface area contributed by atoms with E-state index < -0.39 is 10.0 Å². The second-order valence-electron chi connectivity index (χ2n) is 5.39. The Hall–Kier alpha value is -1.60. The lowest BCUT2D eigenvalue weighted by Gasteiger charge is -2.26. The Labute approximate surface area is 131 Å². The van der Waals surface area contributed by atoms with E-state index in [-0.39, 0.29) is 17.3 Å². The molecule has 122 valence electrons. The van der Waals surface area contributed by atoms with Gasteiger partial charge in [-0.1, -0.05) is 6.07 Å². The first-order chi connectivity index (χ1) is 10.4. The Bertz CT molecular complexity index is 643. The topological polar surface area (TPSA) is 75.7 Å². The van der Waals surface area contributed by atoms with E-state index in [1.807, 2.05) is 6.92 Å². The minimum atomic E-state index is -3.66. The number of ether oxygens (including phenoxy) is 1. The first-order valence-corrected chi connectivity index (χ1v) is 8.84. The maximum Gasteiger partial charge on any atom is 0.244 e. The lowest BCUT2D eigenvalue weighted by Crippen LogP contribution is -2.41. The molecule has 1 fully saturated rings. The number of hydrogen-bond donors (Lipinski definition) is 1. The number of piperidine rings is 1. The second-order valence-corrected chi connectivity index (χ2v) is 7.13. The van der Waals surface area contributed by atoms with Crippen LogP contribution >= 0.6 is 0 Å². The molecule has 1 amide bonds. The van der Waals surface area contributed by atoms with Gasteiger partial charge in [0.2, 0.25) is 15.9 Å². The first kappa shape index (κ1) is 16.8. The van der Waals surface area contributed by atoms with Gasteiger partial charge in [-0.2, -0.15) is 0 Å². The highest BCUT2D eigenvalue weighted by Crippen LogP contribution is 2.24. The maximum absolute atomic E-state index is 12.4. The summed E-state index contributed by atoms with van der Waals surface area (Å²) < 4.78 is 32.4. The van der Waals surface area contributed by atoms with E-state index in [1.54, 1.807) is 23.1 Å². The van der Waals surface area contributed by atoms with E-state index in [0.29, 0.717) is 25.3 Å². The summed E-state index contributed by atoms with van der Waals surface area (Å²) in [6.07, 6.45) is 2.45. The highest BCUT2D eigenvalue weighted by molar-refractivity contribution is 7.89. The molecule has 1 heterocycles. The van der Waals surface area contributed by atoms with E-state index in [9.17, 15) is 13.2 Å². The predicted octanol–water partition coefficient (Wildman–Crippen LogP) is 1.29. The molecule has 6 nitrogen and oxygen atoms in total. The molecular weight excluding hydrogens is 304 g/mol. The molecule has 0 aliphatic carbocycles. The zero-order valence-electron chi connectivity index (χ0n) is 13.0. The normalized spacial score (nSPS) is 15.9. The van der Waals surface area contributed by atoms with Crippen LogP contribution in [0, 0.1) is 6.92 Å². The van der Waals surface area contributed by atoms with Crippen molar-refractivity contribution in [1.29, 1.82) is 0 Å². The maximum atomic E-state index is 12.4. The molecule has 0 atom stereocenters. The van der Waals surface area contributed by atoms with Crippen LogP contribution in [0.4, 0.5) is 0 Å². The van der Waals surface area contributed by atoms with Gasteiger partial charge in [0, 0.05) is 26.1 Å². The molecule has 1 N–H and O–H groups in total. The standard InChI is InChI=1S/C15H22N2O4S/c1-12-6-7-13(21-2)14(11-12)22(19,20)16-8-10-17-9-4-3-5-15(17)18/h6-7,11,16H,3-5,8-10H2,1-2H3. The van der Waals surface area contributed by atoms with Gasteiger partial charge in [0.25, 0.3) is 0 Å². The lowest BCUT2D eigenvalue weighted by atomic mass is 10.1. The molecule has 1 aliphatic rings. The van der Waals surface area contributed by atoms with Crippen molar-refractivity contribution < 1.29 is 17.9 Å². The first-order valence-electron chi connectivity index (χ1n) is 7.36. The summed E-state index contributed by atoms with van der Waals surface area (Å²) in [5.41, 5.74) is 0.840. The molecule has 0 bridgehead atoms. The molecule has 0 unspecified atom stereocenters. The fraction of sp³-hybridized carbons (Fsp3) is 0.533. The Morgan fingerprint density at radius 2 is 2.09 bits per heavy atom. The van der Waals surface area contributed by atoms with Crippen molar-refractivity contribution in [3.63, 3.8) is 0 Å². The van der Waals surface area contributed by atoms with Gasteiger partial charge in [-0.3, -0.25) is 4.79 Å². The summed E-state index contributed by atoms with van der Waals surface area (Å²) in [6.45, 7) is 3.12. The van der Waals surface area contributed by atoms with E-state index >= 15 is 0 Å². The van der Waals surface area contributed by atoms with Gasteiger partial charge < -0.3 is 9.64 Å². The minimum Gasteiger partial charge on any atom is -0.495 e. The van der Waals surface area contributed by atoms with Crippen LogP contribution in [0.1, 0.15) is 24.8 Å². The molecule has 0 radical (unpaired) electrons. The third kappa shape index (κ3) is 3.98. The summed E-state index contributed by atoms with van der Waals surface area (Å²) >= 11 is 0. The Kier molecular flexibility index (Phi) is 5.42. The van der Waals surface area contributed by atoms with Crippen molar-refractivity contribution in [2.24, 2.45) is 0 Å². The van der Waals surface area contributed by atoms with Crippen molar-refractivity contribution >= 4 is 15.9 Å². The number of carbonyl (C=O) groups is 1. The number of aryl methyl sites for hydroxylation is 1. The zero-order valence-corrected chi connectivity index (χ0v) is 13.8. The number of likely N-dealkylation sites (tertiary alicyclic amines) is 1. The highest BCUT2D eigenvalue weighted by Gasteiger charge is 2.21. The van der Waals surface area contributed by atoms with Gasteiger partial charge in [-0.25, -0.2) is 13.1 Å². The number of methoxy groups -OCH3 is 1. The number of sulfonamides is 1. The van der Waals surface area contributed by atoms with Gasteiger partial charge in [0.15, 0.2) is 0 Å². The molecule has 1 aromatic rings. The lowest BCUT2D eigenvalue weighted by molar-refractivity contribution is -0.133. The van der Waals surface area contributed by atoms with Gasteiger partial charge in [0.1, 0.15) is 10.6 Å². The zero-order chi connectivity index (χ0) is 16.2. The van der Waals surface area contributed by atoms with Crippen LogP contribution in [-0.2, 0) is 14.8 Å². The van der Waals surface area contributed by atoms with Gasteiger partial charge >= 0.3 is 0 Å². The SMILES string of the molecule is COc1ccc(C)cc1S(=O)(=O)NCCN1CCCCC1=O. The highest BCUT2D eigenvalue weighted by atomic mass is 32.2. The molecular formula is C15H22N2O4S. The number of carbonyl (C=O) groups excluding carboxylic acids is 1. The van der Waals surface area contributed by atoms with E-state index in [1.165, 1.54) is 7.11 Å². The van der Waals surface area contributed by atoms with Crippen molar-refractivity contribution in [3.05, 3.63) is 23.8 Å². The second kappa shape index (κ2) is 7.11. The largest absolute Gasteiger partial charge is 0.495 e. The third-order valence-electron chi connectivity index (χ3n) is 3.70. The quantitative estimate of drug-likeness (QED) is 0.855. The third-order valence-corrected chi connectivity index (χ3v) is 5.19. The van der Waals surface area contributed by atoms with E-state index in [4.69, 9.17) is 4.74 Å².